The van der Waals surface area contributed by atoms with Crippen LogP contribution in [0, 0.1) is 0 Å². The van der Waals surface area contributed by atoms with Crippen LogP contribution in [-0.2, 0) is 6.54 Å². The summed E-state index contributed by atoms with van der Waals surface area (Å²) in [5.41, 5.74) is 3.55. The molecule has 2 rings (SSSR count). The maximum Gasteiger partial charge on any atom is 0.115 e. The molecule has 0 amide bonds. The Labute approximate surface area is 120 Å². The standard InChI is InChI=1S/C17H22N2O/c1-13(15-5-4-6-17(20)11-15)18-12-14-7-9-16(10-8-14)19(2)3/h4-11,13,18,20H,12H2,1-3H3. The molecule has 2 aromatic carbocycles. The number of hydrogen-bond acceptors (Lipinski definition) is 3. The van der Waals surface area contributed by atoms with Crippen molar-refractivity contribution >= 4 is 5.69 Å². The summed E-state index contributed by atoms with van der Waals surface area (Å²) in [7, 11) is 4.08. The fourth-order valence-electron chi connectivity index (χ4n) is 2.09. The quantitative estimate of drug-likeness (QED) is 0.875. The lowest BCUT2D eigenvalue weighted by atomic mass is 10.1. The third-order valence-corrected chi connectivity index (χ3v) is 3.44. The Hall–Kier alpha value is -2.00. The summed E-state index contributed by atoms with van der Waals surface area (Å²) in [6.07, 6.45) is 0. The molecule has 20 heavy (non-hydrogen) atoms. The molecule has 0 aromatic heterocycles. The van der Waals surface area contributed by atoms with Gasteiger partial charge in [-0.15, -0.1) is 0 Å². The van der Waals surface area contributed by atoms with Gasteiger partial charge >= 0.3 is 0 Å². The Balaban J connectivity index is 1.94. The number of nitrogens with zero attached hydrogens (tertiary/aromatic N) is 1. The topological polar surface area (TPSA) is 35.5 Å². The van der Waals surface area contributed by atoms with Gasteiger partial charge < -0.3 is 15.3 Å². The molecule has 2 N–H and O–H groups in total. The predicted octanol–water partition coefficient (Wildman–Crippen LogP) is 3.31. The minimum atomic E-state index is 0.204. The van der Waals surface area contributed by atoms with Crippen LogP contribution in [0.4, 0.5) is 5.69 Å². The van der Waals surface area contributed by atoms with Crippen molar-refractivity contribution in [2.75, 3.05) is 19.0 Å². The third-order valence-electron chi connectivity index (χ3n) is 3.44. The minimum absolute atomic E-state index is 0.204. The largest absolute Gasteiger partial charge is 0.508 e. The molecule has 106 valence electrons. The Morgan fingerprint density at radius 1 is 1.10 bits per heavy atom. The molecule has 3 heteroatoms. The Bertz CT molecular complexity index is 549. The molecule has 0 bridgehead atoms. The van der Waals surface area contributed by atoms with E-state index in [0.717, 1.165) is 12.1 Å². The number of phenolic OH excluding ortho intramolecular Hbond substituents is 1. The van der Waals surface area contributed by atoms with Gasteiger partial charge in [-0.25, -0.2) is 0 Å². The molecule has 0 fully saturated rings. The average Bonchev–Trinajstić information content (AvgIpc) is 2.45. The second kappa shape index (κ2) is 6.44. The van der Waals surface area contributed by atoms with Gasteiger partial charge in [-0.1, -0.05) is 24.3 Å². The zero-order valence-electron chi connectivity index (χ0n) is 12.3. The van der Waals surface area contributed by atoms with E-state index in [9.17, 15) is 5.11 Å². The van der Waals surface area contributed by atoms with E-state index < -0.39 is 0 Å². The van der Waals surface area contributed by atoms with E-state index >= 15 is 0 Å². The zero-order valence-corrected chi connectivity index (χ0v) is 12.3. The highest BCUT2D eigenvalue weighted by molar-refractivity contribution is 5.46. The summed E-state index contributed by atoms with van der Waals surface area (Å²) in [6.45, 7) is 2.91. The zero-order chi connectivity index (χ0) is 14.5. The van der Waals surface area contributed by atoms with Crippen LogP contribution in [0.3, 0.4) is 0 Å². The van der Waals surface area contributed by atoms with Crippen LogP contribution in [0.5, 0.6) is 5.75 Å². The molecule has 1 unspecified atom stereocenters. The van der Waals surface area contributed by atoms with Gasteiger partial charge in [0, 0.05) is 32.4 Å². The summed E-state index contributed by atoms with van der Waals surface area (Å²) in [5.74, 6) is 0.312. The molecule has 0 spiro atoms. The van der Waals surface area contributed by atoms with Gasteiger partial charge in [0.15, 0.2) is 0 Å². The number of hydrogen-bond donors (Lipinski definition) is 2. The van der Waals surface area contributed by atoms with Crippen LogP contribution in [-0.4, -0.2) is 19.2 Å². The molecule has 1 atom stereocenters. The molecule has 0 aliphatic carbocycles. The van der Waals surface area contributed by atoms with Gasteiger partial charge in [-0.2, -0.15) is 0 Å². The smallest absolute Gasteiger partial charge is 0.115 e. The van der Waals surface area contributed by atoms with Crippen molar-refractivity contribution in [2.45, 2.75) is 19.5 Å². The molecule has 2 aromatic rings. The first kappa shape index (κ1) is 14.4. The van der Waals surface area contributed by atoms with Crippen molar-refractivity contribution < 1.29 is 5.11 Å². The number of anilines is 1. The van der Waals surface area contributed by atoms with E-state index in [4.69, 9.17) is 0 Å². The van der Waals surface area contributed by atoms with E-state index in [1.807, 2.05) is 26.2 Å². The molecule has 0 saturated heterocycles. The maximum atomic E-state index is 9.50. The Kier molecular flexibility index (Phi) is 4.64. The van der Waals surface area contributed by atoms with Crippen molar-refractivity contribution in [3.05, 3.63) is 59.7 Å². The van der Waals surface area contributed by atoms with Crippen molar-refractivity contribution in [1.29, 1.82) is 0 Å². The van der Waals surface area contributed by atoms with E-state index in [0.29, 0.717) is 5.75 Å². The normalized spacial score (nSPS) is 12.2. The van der Waals surface area contributed by atoms with Crippen LogP contribution in [0.15, 0.2) is 48.5 Å². The lowest BCUT2D eigenvalue weighted by Gasteiger charge is -2.16. The molecule has 0 aliphatic rings. The lowest BCUT2D eigenvalue weighted by molar-refractivity contribution is 0.472. The van der Waals surface area contributed by atoms with E-state index in [1.165, 1.54) is 11.3 Å². The summed E-state index contributed by atoms with van der Waals surface area (Å²) < 4.78 is 0. The maximum absolute atomic E-state index is 9.50. The molecule has 0 aliphatic heterocycles. The number of nitrogens with one attached hydrogen (secondary N) is 1. The summed E-state index contributed by atoms with van der Waals surface area (Å²) >= 11 is 0. The van der Waals surface area contributed by atoms with Crippen LogP contribution >= 0.6 is 0 Å². The molecular formula is C17H22N2O. The fraction of sp³-hybridized carbons (Fsp3) is 0.294. The highest BCUT2D eigenvalue weighted by Gasteiger charge is 2.05. The van der Waals surface area contributed by atoms with Crippen LogP contribution in [0.1, 0.15) is 24.1 Å². The summed E-state index contributed by atoms with van der Waals surface area (Å²) in [5, 5.41) is 13.0. The van der Waals surface area contributed by atoms with Gasteiger partial charge in [-0.3, -0.25) is 0 Å². The first-order valence-electron chi connectivity index (χ1n) is 6.85. The molecule has 3 nitrogen and oxygen atoms in total. The van der Waals surface area contributed by atoms with Crippen molar-refractivity contribution in [2.24, 2.45) is 0 Å². The number of phenols is 1. The van der Waals surface area contributed by atoms with Crippen molar-refractivity contribution in [3.8, 4) is 5.75 Å². The summed E-state index contributed by atoms with van der Waals surface area (Å²) in [4.78, 5) is 2.09. The predicted molar refractivity (Wildman–Crippen MR) is 84.1 cm³/mol. The van der Waals surface area contributed by atoms with Crippen LogP contribution in [0.2, 0.25) is 0 Å². The third kappa shape index (κ3) is 3.75. The molecule has 0 radical (unpaired) electrons. The first-order chi connectivity index (χ1) is 9.56. The SMILES string of the molecule is CC(NCc1ccc(N(C)C)cc1)c1cccc(O)c1. The monoisotopic (exact) mass is 270 g/mol. The van der Waals surface area contributed by atoms with Gasteiger partial charge in [0.2, 0.25) is 0 Å². The van der Waals surface area contributed by atoms with E-state index in [1.54, 1.807) is 12.1 Å². The number of rotatable bonds is 5. The number of benzene rings is 2. The van der Waals surface area contributed by atoms with Gasteiger partial charge in [-0.05, 0) is 42.3 Å². The summed E-state index contributed by atoms with van der Waals surface area (Å²) in [6, 6.07) is 16.1. The average molecular weight is 270 g/mol. The molecule has 0 heterocycles. The Morgan fingerprint density at radius 3 is 2.40 bits per heavy atom. The van der Waals surface area contributed by atoms with Crippen LogP contribution < -0.4 is 10.2 Å². The first-order valence-corrected chi connectivity index (χ1v) is 6.85. The fourth-order valence-corrected chi connectivity index (χ4v) is 2.09. The van der Waals surface area contributed by atoms with Gasteiger partial charge in [0.1, 0.15) is 5.75 Å². The second-order valence-electron chi connectivity index (χ2n) is 5.26. The van der Waals surface area contributed by atoms with E-state index in [-0.39, 0.29) is 6.04 Å². The van der Waals surface area contributed by atoms with Gasteiger partial charge in [0.25, 0.3) is 0 Å². The lowest BCUT2D eigenvalue weighted by Crippen LogP contribution is -2.18. The van der Waals surface area contributed by atoms with Crippen molar-refractivity contribution in [1.82, 2.24) is 5.32 Å². The Morgan fingerprint density at radius 2 is 1.80 bits per heavy atom. The minimum Gasteiger partial charge on any atom is -0.508 e. The van der Waals surface area contributed by atoms with E-state index in [2.05, 4.69) is 41.4 Å². The second-order valence-corrected chi connectivity index (χ2v) is 5.26. The van der Waals surface area contributed by atoms with Gasteiger partial charge in [0.05, 0.1) is 0 Å². The molecule has 0 saturated carbocycles. The van der Waals surface area contributed by atoms with Crippen LogP contribution in [0.25, 0.3) is 0 Å². The highest BCUT2D eigenvalue weighted by Crippen LogP contribution is 2.18. The van der Waals surface area contributed by atoms with Crippen molar-refractivity contribution in [3.63, 3.8) is 0 Å². The highest BCUT2D eigenvalue weighted by atomic mass is 16.3. The molecular weight excluding hydrogens is 248 g/mol. The number of aromatic hydroxyl groups is 1.